The number of anilines is 1. The molecule has 114 valence electrons. The number of carbonyl (C=O) groups is 1. The molecule has 0 spiro atoms. The molecule has 1 aromatic rings. The van der Waals surface area contributed by atoms with Crippen molar-refractivity contribution in [3.63, 3.8) is 0 Å². The minimum absolute atomic E-state index is 0.00880. The molecule has 0 saturated carbocycles. The second kappa shape index (κ2) is 6.07. The second-order valence-corrected chi connectivity index (χ2v) is 5.67. The highest BCUT2D eigenvalue weighted by Crippen LogP contribution is 2.46. The van der Waals surface area contributed by atoms with Gasteiger partial charge < -0.3 is 9.64 Å². The Bertz CT molecular complexity index is 693. The highest BCUT2D eigenvalue weighted by atomic mass is 16.5. The quantitative estimate of drug-likeness (QED) is 0.488. The number of nitriles is 1. The Kier molecular flexibility index (Phi) is 4.37. The molecule has 0 radical (unpaired) electrons. The Morgan fingerprint density at radius 1 is 1.41 bits per heavy atom. The van der Waals surface area contributed by atoms with Crippen molar-refractivity contribution in [2.24, 2.45) is 0 Å². The van der Waals surface area contributed by atoms with Crippen LogP contribution in [0.4, 0.5) is 5.69 Å². The maximum absolute atomic E-state index is 11.7. The minimum atomic E-state index is -0.585. The first-order chi connectivity index (χ1) is 10.4. The number of fused-ring (bicyclic) bond motifs is 1. The molecule has 0 unspecified atom stereocenters. The van der Waals surface area contributed by atoms with Crippen molar-refractivity contribution in [2.45, 2.75) is 26.2 Å². The second-order valence-electron chi connectivity index (χ2n) is 5.67. The van der Waals surface area contributed by atoms with Crippen molar-refractivity contribution >= 4 is 11.7 Å². The van der Waals surface area contributed by atoms with Gasteiger partial charge in [0.15, 0.2) is 0 Å². The summed E-state index contributed by atoms with van der Waals surface area (Å²) in [5, 5.41) is 9.10. The lowest BCUT2D eigenvalue weighted by atomic mass is 9.83. The molecule has 4 heteroatoms. The van der Waals surface area contributed by atoms with Crippen LogP contribution in [-0.2, 0) is 14.9 Å². The van der Waals surface area contributed by atoms with Crippen molar-refractivity contribution in [1.29, 1.82) is 5.26 Å². The normalized spacial score (nSPS) is 18.0. The Balaban J connectivity index is 2.41. The number of ether oxygens (including phenoxy) is 1. The number of carbonyl (C=O) groups excluding carboxylic acids is 1. The third-order valence-corrected chi connectivity index (χ3v) is 3.96. The smallest absolute Gasteiger partial charge is 0.348 e. The third-order valence-electron chi connectivity index (χ3n) is 3.96. The first-order valence-corrected chi connectivity index (χ1v) is 7.26. The van der Waals surface area contributed by atoms with Gasteiger partial charge in [0.05, 0.1) is 6.61 Å². The molecule has 22 heavy (non-hydrogen) atoms. The van der Waals surface area contributed by atoms with Gasteiger partial charge in [-0.15, -0.1) is 0 Å². The highest BCUT2D eigenvalue weighted by molar-refractivity contribution is 5.93. The highest BCUT2D eigenvalue weighted by Gasteiger charge is 2.37. The van der Waals surface area contributed by atoms with Gasteiger partial charge in [-0.05, 0) is 30.7 Å². The molecule has 0 N–H and O–H groups in total. The molecule has 0 saturated heterocycles. The maximum atomic E-state index is 11.7. The number of benzene rings is 1. The summed E-state index contributed by atoms with van der Waals surface area (Å²) in [6.45, 7) is 6.23. The van der Waals surface area contributed by atoms with Crippen LogP contribution >= 0.6 is 0 Å². The van der Waals surface area contributed by atoms with Gasteiger partial charge in [-0.2, -0.15) is 5.26 Å². The monoisotopic (exact) mass is 296 g/mol. The van der Waals surface area contributed by atoms with Gasteiger partial charge in [-0.1, -0.05) is 32.0 Å². The largest absolute Gasteiger partial charge is 0.462 e. The van der Waals surface area contributed by atoms with E-state index < -0.39 is 5.97 Å². The Morgan fingerprint density at radius 2 is 2.09 bits per heavy atom. The predicted molar refractivity (Wildman–Crippen MR) is 86.3 cm³/mol. The van der Waals surface area contributed by atoms with Crippen LogP contribution in [0.5, 0.6) is 0 Å². The Hall–Kier alpha value is -2.54. The molecule has 1 heterocycles. The van der Waals surface area contributed by atoms with Gasteiger partial charge >= 0.3 is 5.97 Å². The minimum Gasteiger partial charge on any atom is -0.462 e. The van der Waals surface area contributed by atoms with E-state index in [0.717, 1.165) is 11.4 Å². The Labute approximate surface area is 131 Å². The van der Waals surface area contributed by atoms with Crippen LogP contribution in [0.25, 0.3) is 0 Å². The molecule has 0 fully saturated rings. The number of allylic oxidation sites excluding steroid dienone is 3. The molecule has 2 rings (SSSR count). The zero-order chi connectivity index (χ0) is 16.3. The van der Waals surface area contributed by atoms with Gasteiger partial charge in [-0.3, -0.25) is 0 Å². The first kappa shape index (κ1) is 15.8. The van der Waals surface area contributed by atoms with Crippen LogP contribution in [-0.4, -0.2) is 19.6 Å². The average Bonchev–Trinajstić information content (AvgIpc) is 2.69. The lowest BCUT2D eigenvalue weighted by molar-refractivity contribution is -0.138. The van der Waals surface area contributed by atoms with E-state index >= 15 is 0 Å². The van der Waals surface area contributed by atoms with E-state index in [0.29, 0.717) is 0 Å². The van der Waals surface area contributed by atoms with Crippen LogP contribution in [0.1, 0.15) is 26.3 Å². The molecule has 0 bridgehead atoms. The maximum Gasteiger partial charge on any atom is 0.348 e. The summed E-state index contributed by atoms with van der Waals surface area (Å²) in [5.41, 5.74) is 3.23. The lowest BCUT2D eigenvalue weighted by Gasteiger charge is -2.23. The molecule has 4 nitrogen and oxygen atoms in total. The van der Waals surface area contributed by atoms with Crippen molar-refractivity contribution in [1.82, 2.24) is 0 Å². The van der Waals surface area contributed by atoms with Crippen LogP contribution in [0.2, 0.25) is 0 Å². The molecule has 1 aromatic carbocycles. The standard InChI is InChI=1S/C18H20N2O2/c1-5-22-17(21)13(12-19)10-11-16-18(2,3)14-8-6-7-9-15(14)20(16)4/h6-11H,5H2,1-4H3/b13-10+,16-11+. The summed E-state index contributed by atoms with van der Waals surface area (Å²) in [7, 11) is 1.99. The van der Waals surface area contributed by atoms with Crippen LogP contribution in [0.3, 0.4) is 0 Å². The van der Waals surface area contributed by atoms with Gasteiger partial charge in [-0.25, -0.2) is 4.79 Å². The fraction of sp³-hybridized carbons (Fsp3) is 0.333. The van der Waals surface area contributed by atoms with E-state index in [4.69, 9.17) is 10.00 Å². The zero-order valence-electron chi connectivity index (χ0n) is 13.4. The average molecular weight is 296 g/mol. The van der Waals surface area contributed by atoms with E-state index in [-0.39, 0.29) is 17.6 Å². The van der Waals surface area contributed by atoms with E-state index in [1.54, 1.807) is 6.92 Å². The molecule has 1 aliphatic rings. The SMILES string of the molecule is CCOC(=O)/C(C#N)=C/C=C1/N(C)c2ccccc2C1(C)C. The Morgan fingerprint density at radius 3 is 2.68 bits per heavy atom. The van der Waals surface area contributed by atoms with Gasteiger partial charge in [0.25, 0.3) is 0 Å². The van der Waals surface area contributed by atoms with Crippen LogP contribution < -0.4 is 4.90 Å². The molecule has 0 atom stereocenters. The van der Waals surface area contributed by atoms with Crippen molar-refractivity contribution in [2.75, 3.05) is 18.6 Å². The fourth-order valence-corrected chi connectivity index (χ4v) is 2.82. The molecular formula is C18H20N2O2. The number of rotatable bonds is 3. The molecule has 1 aliphatic heterocycles. The summed E-state index contributed by atoms with van der Waals surface area (Å²) in [6.07, 6.45) is 3.37. The van der Waals surface area contributed by atoms with Crippen molar-refractivity contribution in [3.8, 4) is 6.07 Å². The van der Waals surface area contributed by atoms with Gasteiger partial charge in [0.2, 0.25) is 0 Å². The lowest BCUT2D eigenvalue weighted by Crippen LogP contribution is -2.22. The number of hydrogen-bond donors (Lipinski definition) is 0. The summed E-state index contributed by atoms with van der Waals surface area (Å²) in [4.78, 5) is 13.8. The molecule has 0 amide bonds. The number of para-hydroxylation sites is 1. The van der Waals surface area contributed by atoms with Crippen LogP contribution in [0.15, 0.2) is 47.7 Å². The summed E-state index contributed by atoms with van der Waals surface area (Å²) < 4.78 is 4.88. The molecule has 0 aliphatic carbocycles. The number of nitrogens with zero attached hydrogens (tertiary/aromatic N) is 2. The third kappa shape index (κ3) is 2.62. The van der Waals surface area contributed by atoms with Gasteiger partial charge in [0, 0.05) is 23.8 Å². The zero-order valence-corrected chi connectivity index (χ0v) is 13.4. The van der Waals surface area contributed by atoms with E-state index in [9.17, 15) is 4.79 Å². The van der Waals surface area contributed by atoms with E-state index in [1.807, 2.05) is 31.3 Å². The van der Waals surface area contributed by atoms with E-state index in [2.05, 4.69) is 30.9 Å². The van der Waals surface area contributed by atoms with E-state index in [1.165, 1.54) is 11.6 Å². The first-order valence-electron chi connectivity index (χ1n) is 7.26. The summed E-state index contributed by atoms with van der Waals surface area (Å²) in [6, 6.07) is 10.1. The topological polar surface area (TPSA) is 53.3 Å². The molecule has 0 aromatic heterocycles. The fourth-order valence-electron chi connectivity index (χ4n) is 2.82. The van der Waals surface area contributed by atoms with Gasteiger partial charge in [0.1, 0.15) is 11.6 Å². The number of hydrogen-bond acceptors (Lipinski definition) is 4. The predicted octanol–water partition coefficient (Wildman–Crippen LogP) is 3.31. The molecular weight excluding hydrogens is 276 g/mol. The summed E-state index contributed by atoms with van der Waals surface area (Å²) >= 11 is 0. The van der Waals surface area contributed by atoms with Crippen molar-refractivity contribution in [3.05, 3.63) is 53.3 Å². The van der Waals surface area contributed by atoms with Crippen LogP contribution in [0, 0.1) is 11.3 Å². The summed E-state index contributed by atoms with van der Waals surface area (Å²) in [5.74, 6) is -0.585. The number of likely N-dealkylation sites (N-methyl/N-ethyl adjacent to an activating group) is 1. The number of esters is 1. The van der Waals surface area contributed by atoms with Crippen molar-refractivity contribution < 1.29 is 9.53 Å².